The van der Waals surface area contributed by atoms with Gasteiger partial charge in [0.15, 0.2) is 11.5 Å². The van der Waals surface area contributed by atoms with E-state index < -0.39 is 0 Å². The Morgan fingerprint density at radius 2 is 1.83 bits per heavy atom. The van der Waals surface area contributed by atoms with Crippen molar-refractivity contribution in [3.05, 3.63) is 53.6 Å². The van der Waals surface area contributed by atoms with Gasteiger partial charge in [0.1, 0.15) is 5.75 Å². The third kappa shape index (κ3) is 4.39. The number of benzene rings is 2. The highest BCUT2D eigenvalue weighted by molar-refractivity contribution is 5.43. The molecule has 0 heterocycles. The van der Waals surface area contributed by atoms with Crippen LogP contribution >= 0.6 is 0 Å². The average Bonchev–Trinajstić information content (AvgIpc) is 2.60. The van der Waals surface area contributed by atoms with Gasteiger partial charge in [-0.3, -0.25) is 0 Å². The second-order valence-electron chi connectivity index (χ2n) is 5.33. The van der Waals surface area contributed by atoms with Gasteiger partial charge in [-0.05, 0) is 55.3 Å². The molecule has 0 aromatic heterocycles. The van der Waals surface area contributed by atoms with Crippen molar-refractivity contribution in [1.29, 1.82) is 0 Å². The van der Waals surface area contributed by atoms with Crippen LogP contribution in [-0.2, 0) is 6.42 Å². The Labute approximate surface area is 138 Å². The maximum Gasteiger partial charge on any atom is 0.161 e. The van der Waals surface area contributed by atoms with Gasteiger partial charge in [0.05, 0.1) is 20.8 Å². The first kappa shape index (κ1) is 17.2. The second-order valence-corrected chi connectivity index (χ2v) is 5.33. The minimum absolute atomic E-state index is 0.229. The van der Waals surface area contributed by atoms with Crippen LogP contribution in [0, 0.1) is 0 Å². The van der Waals surface area contributed by atoms with Gasteiger partial charge >= 0.3 is 0 Å². The Morgan fingerprint density at radius 3 is 2.48 bits per heavy atom. The molecule has 0 bridgehead atoms. The minimum Gasteiger partial charge on any atom is -0.497 e. The lowest BCUT2D eigenvalue weighted by Crippen LogP contribution is -2.15. The third-order valence-electron chi connectivity index (χ3n) is 3.86. The van der Waals surface area contributed by atoms with E-state index in [0.29, 0.717) is 13.2 Å². The van der Waals surface area contributed by atoms with E-state index in [0.717, 1.165) is 23.7 Å². The summed E-state index contributed by atoms with van der Waals surface area (Å²) >= 11 is 0. The number of hydrogen-bond donors (Lipinski definition) is 1. The molecule has 0 aliphatic carbocycles. The quantitative estimate of drug-likeness (QED) is 0.811. The summed E-state index contributed by atoms with van der Waals surface area (Å²) in [5, 5.41) is 0. The molecule has 1 atom stereocenters. The van der Waals surface area contributed by atoms with Gasteiger partial charge in [0.2, 0.25) is 0 Å². The summed E-state index contributed by atoms with van der Waals surface area (Å²) in [6, 6.07) is 14.1. The van der Waals surface area contributed by atoms with E-state index in [1.807, 2.05) is 37.3 Å². The van der Waals surface area contributed by atoms with E-state index in [9.17, 15) is 0 Å². The summed E-state index contributed by atoms with van der Waals surface area (Å²) in [6.07, 6.45) is 0.840. The molecule has 0 fully saturated rings. The van der Waals surface area contributed by atoms with Crippen LogP contribution in [0.2, 0.25) is 0 Å². The molecule has 2 aromatic carbocycles. The largest absolute Gasteiger partial charge is 0.497 e. The molecule has 0 aliphatic rings. The molecule has 2 rings (SSSR count). The van der Waals surface area contributed by atoms with E-state index in [4.69, 9.17) is 19.9 Å². The van der Waals surface area contributed by atoms with Gasteiger partial charge in [-0.1, -0.05) is 18.2 Å². The Balaban J connectivity index is 2.21. The molecule has 124 valence electrons. The molecule has 23 heavy (non-hydrogen) atoms. The summed E-state index contributed by atoms with van der Waals surface area (Å²) in [5.41, 5.74) is 8.35. The Hall–Kier alpha value is -2.20. The molecule has 0 aliphatic heterocycles. The number of nitrogens with two attached hydrogens (primary N) is 1. The SMILES string of the molecule is CCOc1ccc(CC(CN)c2cccc(OC)c2)cc1OC. The van der Waals surface area contributed by atoms with Crippen LogP contribution in [0.4, 0.5) is 0 Å². The molecule has 0 spiro atoms. The van der Waals surface area contributed by atoms with Gasteiger partial charge in [-0.25, -0.2) is 0 Å². The third-order valence-corrected chi connectivity index (χ3v) is 3.86. The molecular formula is C19H25NO3. The van der Waals surface area contributed by atoms with Crippen molar-refractivity contribution < 1.29 is 14.2 Å². The lowest BCUT2D eigenvalue weighted by molar-refractivity contribution is 0.310. The standard InChI is InChI=1S/C19H25NO3/c1-4-23-18-9-8-14(11-19(18)22-3)10-16(13-20)15-6-5-7-17(12-15)21-2/h5-9,11-12,16H,4,10,13,20H2,1-3H3. The van der Waals surface area contributed by atoms with Crippen molar-refractivity contribution in [2.24, 2.45) is 5.73 Å². The van der Waals surface area contributed by atoms with Crippen molar-refractivity contribution in [2.75, 3.05) is 27.4 Å². The molecule has 2 aromatic rings. The van der Waals surface area contributed by atoms with Crippen molar-refractivity contribution in [3.8, 4) is 17.2 Å². The van der Waals surface area contributed by atoms with Gasteiger partial charge in [-0.2, -0.15) is 0 Å². The predicted octanol–water partition coefficient (Wildman–Crippen LogP) is 3.39. The smallest absolute Gasteiger partial charge is 0.161 e. The average molecular weight is 315 g/mol. The fraction of sp³-hybridized carbons (Fsp3) is 0.368. The van der Waals surface area contributed by atoms with Gasteiger partial charge in [0.25, 0.3) is 0 Å². The van der Waals surface area contributed by atoms with E-state index in [1.54, 1.807) is 14.2 Å². The number of hydrogen-bond acceptors (Lipinski definition) is 4. The number of rotatable bonds is 8. The second kappa shape index (κ2) is 8.44. The first-order valence-corrected chi connectivity index (χ1v) is 7.85. The Morgan fingerprint density at radius 1 is 1.00 bits per heavy atom. The molecule has 2 N–H and O–H groups in total. The highest BCUT2D eigenvalue weighted by atomic mass is 16.5. The molecule has 4 nitrogen and oxygen atoms in total. The highest BCUT2D eigenvalue weighted by Crippen LogP contribution is 2.31. The Kier molecular flexibility index (Phi) is 6.29. The summed E-state index contributed by atoms with van der Waals surface area (Å²) in [7, 11) is 3.33. The molecule has 0 radical (unpaired) electrons. The summed E-state index contributed by atoms with van der Waals surface area (Å²) in [6.45, 7) is 3.15. The van der Waals surface area contributed by atoms with E-state index in [1.165, 1.54) is 11.1 Å². The van der Waals surface area contributed by atoms with E-state index in [-0.39, 0.29) is 5.92 Å². The minimum atomic E-state index is 0.229. The molecule has 0 amide bonds. The van der Waals surface area contributed by atoms with Gasteiger partial charge in [-0.15, -0.1) is 0 Å². The monoisotopic (exact) mass is 315 g/mol. The van der Waals surface area contributed by atoms with Crippen LogP contribution < -0.4 is 19.9 Å². The zero-order valence-electron chi connectivity index (χ0n) is 14.0. The maximum absolute atomic E-state index is 6.00. The van der Waals surface area contributed by atoms with Crippen molar-refractivity contribution in [2.45, 2.75) is 19.3 Å². The van der Waals surface area contributed by atoms with Gasteiger partial charge in [0, 0.05) is 5.92 Å². The Bertz CT molecular complexity index is 628. The fourth-order valence-electron chi connectivity index (χ4n) is 2.63. The van der Waals surface area contributed by atoms with Crippen LogP contribution in [0.1, 0.15) is 24.0 Å². The lowest BCUT2D eigenvalue weighted by Gasteiger charge is -2.17. The van der Waals surface area contributed by atoms with Crippen LogP contribution in [0.5, 0.6) is 17.2 Å². The van der Waals surface area contributed by atoms with Gasteiger partial charge < -0.3 is 19.9 Å². The van der Waals surface area contributed by atoms with Crippen LogP contribution in [0.3, 0.4) is 0 Å². The van der Waals surface area contributed by atoms with E-state index >= 15 is 0 Å². The molecule has 4 heteroatoms. The molecule has 0 saturated carbocycles. The summed E-state index contributed by atoms with van der Waals surface area (Å²) in [5.74, 6) is 2.60. The summed E-state index contributed by atoms with van der Waals surface area (Å²) < 4.78 is 16.3. The molecular weight excluding hydrogens is 290 g/mol. The predicted molar refractivity (Wildman–Crippen MR) is 92.7 cm³/mol. The van der Waals surface area contributed by atoms with E-state index in [2.05, 4.69) is 12.1 Å². The van der Waals surface area contributed by atoms with Crippen LogP contribution in [0.25, 0.3) is 0 Å². The highest BCUT2D eigenvalue weighted by Gasteiger charge is 2.13. The molecule has 1 unspecified atom stereocenters. The van der Waals surface area contributed by atoms with Crippen LogP contribution in [-0.4, -0.2) is 27.4 Å². The van der Waals surface area contributed by atoms with Crippen molar-refractivity contribution in [1.82, 2.24) is 0 Å². The zero-order valence-corrected chi connectivity index (χ0v) is 14.0. The topological polar surface area (TPSA) is 53.7 Å². The first-order chi connectivity index (χ1) is 11.2. The first-order valence-electron chi connectivity index (χ1n) is 7.85. The number of ether oxygens (including phenoxy) is 3. The van der Waals surface area contributed by atoms with Crippen molar-refractivity contribution in [3.63, 3.8) is 0 Å². The lowest BCUT2D eigenvalue weighted by atomic mass is 9.92. The number of methoxy groups -OCH3 is 2. The fourth-order valence-corrected chi connectivity index (χ4v) is 2.63. The molecule has 0 saturated heterocycles. The van der Waals surface area contributed by atoms with Crippen LogP contribution in [0.15, 0.2) is 42.5 Å². The van der Waals surface area contributed by atoms with Crippen molar-refractivity contribution >= 4 is 0 Å². The zero-order chi connectivity index (χ0) is 16.7. The normalized spacial score (nSPS) is 11.8. The summed E-state index contributed by atoms with van der Waals surface area (Å²) in [4.78, 5) is 0. The maximum atomic E-state index is 6.00.